The number of aryl methyl sites for hydroxylation is 1. The van der Waals surface area contributed by atoms with Gasteiger partial charge >= 0.3 is 12.1 Å². The number of carbonyl (C=O) groups excluding carboxylic acids is 2. The summed E-state index contributed by atoms with van der Waals surface area (Å²) in [5.74, 6) is 1.57. The molecular weight excluding hydrogens is 372 g/mol. The van der Waals surface area contributed by atoms with E-state index >= 15 is 0 Å². The van der Waals surface area contributed by atoms with Crippen LogP contribution in [0.5, 0.6) is 5.75 Å². The van der Waals surface area contributed by atoms with Gasteiger partial charge in [-0.15, -0.1) is 0 Å². The third kappa shape index (κ3) is 4.45. The molecule has 7 heteroatoms. The number of esters is 1. The maximum absolute atomic E-state index is 11.5. The van der Waals surface area contributed by atoms with Gasteiger partial charge in [-0.2, -0.15) is 0 Å². The number of amides is 1. The maximum atomic E-state index is 11.5. The zero-order valence-corrected chi connectivity index (χ0v) is 15.9. The number of alkyl carbamates (subject to hydrolysis) is 1. The molecule has 1 saturated heterocycles. The van der Waals surface area contributed by atoms with Crippen LogP contribution in [0.2, 0.25) is 0 Å². The van der Waals surface area contributed by atoms with Gasteiger partial charge in [0.15, 0.2) is 0 Å². The van der Waals surface area contributed by atoms with Gasteiger partial charge in [0.05, 0.1) is 12.3 Å². The van der Waals surface area contributed by atoms with Crippen molar-refractivity contribution in [2.75, 3.05) is 6.61 Å². The van der Waals surface area contributed by atoms with Gasteiger partial charge in [-0.25, -0.2) is 14.6 Å². The Morgan fingerprint density at radius 1 is 1.07 bits per heavy atom. The van der Waals surface area contributed by atoms with Crippen LogP contribution in [0.15, 0.2) is 59.0 Å². The van der Waals surface area contributed by atoms with Crippen LogP contribution >= 0.6 is 0 Å². The fourth-order valence-corrected chi connectivity index (χ4v) is 3.11. The SMILES string of the molecule is Cc1oc(-c2ccccc2)nc1CCOc1ccc(CC2NC(=O)OC2=O)cc1. The fraction of sp³-hybridized carbons (Fsp3) is 0.227. The van der Waals surface area contributed by atoms with E-state index < -0.39 is 18.1 Å². The summed E-state index contributed by atoms with van der Waals surface area (Å²) in [5, 5.41) is 2.48. The molecule has 1 aliphatic rings. The maximum Gasteiger partial charge on any atom is 0.415 e. The van der Waals surface area contributed by atoms with Crippen molar-refractivity contribution in [1.82, 2.24) is 10.3 Å². The smallest absolute Gasteiger partial charge is 0.415 e. The van der Waals surface area contributed by atoms with Crippen molar-refractivity contribution in [3.63, 3.8) is 0 Å². The Morgan fingerprint density at radius 2 is 1.83 bits per heavy atom. The monoisotopic (exact) mass is 392 g/mol. The molecule has 1 aromatic heterocycles. The quantitative estimate of drug-likeness (QED) is 0.489. The lowest BCUT2D eigenvalue weighted by molar-refractivity contribution is -0.135. The molecule has 1 N–H and O–H groups in total. The molecule has 0 spiro atoms. The molecule has 148 valence electrons. The van der Waals surface area contributed by atoms with Crippen LogP contribution < -0.4 is 10.1 Å². The minimum absolute atomic E-state index is 0.380. The lowest BCUT2D eigenvalue weighted by Gasteiger charge is -2.08. The molecule has 3 aromatic rings. The molecule has 1 atom stereocenters. The summed E-state index contributed by atoms with van der Waals surface area (Å²) in [4.78, 5) is 27.1. The van der Waals surface area contributed by atoms with E-state index in [2.05, 4.69) is 15.0 Å². The first-order valence-corrected chi connectivity index (χ1v) is 9.34. The van der Waals surface area contributed by atoms with E-state index in [9.17, 15) is 9.59 Å². The average Bonchev–Trinajstić information content (AvgIpc) is 3.25. The first-order chi connectivity index (χ1) is 14.1. The van der Waals surface area contributed by atoms with Crippen molar-refractivity contribution >= 4 is 12.1 Å². The van der Waals surface area contributed by atoms with Crippen LogP contribution in [0.1, 0.15) is 17.0 Å². The van der Waals surface area contributed by atoms with Gasteiger partial charge in [0.1, 0.15) is 17.6 Å². The highest BCUT2D eigenvalue weighted by Gasteiger charge is 2.32. The number of nitrogens with zero attached hydrogens (tertiary/aromatic N) is 1. The van der Waals surface area contributed by atoms with Crippen molar-refractivity contribution in [2.45, 2.75) is 25.8 Å². The number of aromatic nitrogens is 1. The second kappa shape index (κ2) is 8.18. The molecule has 4 rings (SSSR count). The van der Waals surface area contributed by atoms with E-state index in [-0.39, 0.29) is 0 Å². The van der Waals surface area contributed by atoms with Crippen LogP contribution in [-0.4, -0.2) is 29.7 Å². The van der Waals surface area contributed by atoms with Crippen LogP contribution in [0.25, 0.3) is 11.5 Å². The topological polar surface area (TPSA) is 90.7 Å². The van der Waals surface area contributed by atoms with Gasteiger partial charge < -0.3 is 19.2 Å². The summed E-state index contributed by atoms with van der Waals surface area (Å²) >= 11 is 0. The van der Waals surface area contributed by atoms with Crippen LogP contribution in [0, 0.1) is 6.92 Å². The Labute approximate surface area is 167 Å². The number of hydrogen-bond donors (Lipinski definition) is 1. The predicted molar refractivity (Wildman–Crippen MR) is 104 cm³/mol. The number of hydrogen-bond acceptors (Lipinski definition) is 6. The highest BCUT2D eigenvalue weighted by molar-refractivity contribution is 5.95. The Balaban J connectivity index is 1.30. The Morgan fingerprint density at radius 3 is 2.52 bits per heavy atom. The minimum atomic E-state index is -0.696. The van der Waals surface area contributed by atoms with Crippen LogP contribution in [0.4, 0.5) is 4.79 Å². The number of rotatable bonds is 7. The molecule has 2 aromatic carbocycles. The standard InChI is InChI=1S/C22H20N2O5/c1-14-18(23-20(28-14)16-5-3-2-4-6-16)11-12-27-17-9-7-15(8-10-17)13-19-21(25)29-22(26)24-19/h2-10,19H,11-13H2,1H3,(H,24,26). The molecule has 1 unspecified atom stereocenters. The molecule has 0 bridgehead atoms. The van der Waals surface area contributed by atoms with E-state index in [0.717, 1.165) is 28.3 Å². The summed E-state index contributed by atoms with van der Waals surface area (Å²) in [5.41, 5.74) is 2.72. The molecule has 0 saturated carbocycles. The molecule has 0 radical (unpaired) electrons. The van der Waals surface area contributed by atoms with Crippen molar-refractivity contribution in [3.8, 4) is 17.2 Å². The molecule has 7 nitrogen and oxygen atoms in total. The van der Waals surface area contributed by atoms with Crippen molar-refractivity contribution in [1.29, 1.82) is 0 Å². The Bertz CT molecular complexity index is 1010. The summed E-state index contributed by atoms with van der Waals surface area (Å²) in [6, 6.07) is 16.5. The van der Waals surface area contributed by atoms with E-state index in [1.807, 2.05) is 61.5 Å². The van der Waals surface area contributed by atoms with Gasteiger partial charge in [0.2, 0.25) is 5.89 Å². The Kier molecular flexibility index (Phi) is 5.29. The van der Waals surface area contributed by atoms with E-state index in [1.54, 1.807) is 0 Å². The number of cyclic esters (lactones) is 2. The number of oxazole rings is 1. The third-order valence-electron chi connectivity index (χ3n) is 4.65. The normalized spacial score (nSPS) is 15.8. The molecule has 2 heterocycles. The van der Waals surface area contributed by atoms with Crippen molar-refractivity contribution in [2.24, 2.45) is 0 Å². The zero-order valence-electron chi connectivity index (χ0n) is 15.9. The number of carbonyl (C=O) groups is 2. The van der Waals surface area contributed by atoms with Gasteiger partial charge in [0.25, 0.3) is 0 Å². The second-order valence-corrected chi connectivity index (χ2v) is 6.74. The van der Waals surface area contributed by atoms with Crippen LogP contribution in [0.3, 0.4) is 0 Å². The van der Waals surface area contributed by atoms with Crippen LogP contribution in [-0.2, 0) is 22.4 Å². The molecule has 1 aliphatic heterocycles. The molecule has 1 amide bonds. The number of ether oxygens (including phenoxy) is 2. The summed E-state index contributed by atoms with van der Waals surface area (Å²) in [6.07, 6.45) is 0.313. The van der Waals surface area contributed by atoms with Gasteiger partial charge in [-0.1, -0.05) is 30.3 Å². The molecule has 1 fully saturated rings. The number of nitrogens with one attached hydrogen (secondary N) is 1. The van der Waals surface area contributed by atoms with E-state index in [4.69, 9.17) is 9.15 Å². The number of benzene rings is 2. The van der Waals surface area contributed by atoms with Crippen molar-refractivity contribution in [3.05, 3.63) is 71.6 Å². The first-order valence-electron chi connectivity index (χ1n) is 9.34. The van der Waals surface area contributed by atoms with E-state index in [0.29, 0.717) is 25.3 Å². The minimum Gasteiger partial charge on any atom is -0.493 e. The highest BCUT2D eigenvalue weighted by atomic mass is 16.6. The fourth-order valence-electron chi connectivity index (χ4n) is 3.11. The highest BCUT2D eigenvalue weighted by Crippen LogP contribution is 2.22. The first kappa shape index (κ1) is 18.7. The third-order valence-corrected chi connectivity index (χ3v) is 4.65. The predicted octanol–water partition coefficient (Wildman–Crippen LogP) is 3.45. The van der Waals surface area contributed by atoms with Gasteiger partial charge in [0, 0.05) is 18.4 Å². The molecule has 0 aliphatic carbocycles. The lowest BCUT2D eigenvalue weighted by Crippen LogP contribution is -2.30. The summed E-state index contributed by atoms with van der Waals surface area (Å²) < 4.78 is 16.0. The van der Waals surface area contributed by atoms with Gasteiger partial charge in [-0.3, -0.25) is 0 Å². The zero-order chi connectivity index (χ0) is 20.2. The molecular formula is C22H20N2O5. The summed E-state index contributed by atoms with van der Waals surface area (Å²) in [7, 11) is 0. The second-order valence-electron chi connectivity index (χ2n) is 6.74. The lowest BCUT2D eigenvalue weighted by atomic mass is 10.1. The largest absolute Gasteiger partial charge is 0.493 e. The van der Waals surface area contributed by atoms with E-state index in [1.165, 1.54) is 0 Å². The van der Waals surface area contributed by atoms with Gasteiger partial charge in [-0.05, 0) is 36.8 Å². The average molecular weight is 392 g/mol. The summed E-state index contributed by atoms with van der Waals surface area (Å²) in [6.45, 7) is 2.36. The molecule has 29 heavy (non-hydrogen) atoms. The Hall–Kier alpha value is -3.61. The van der Waals surface area contributed by atoms with Crippen molar-refractivity contribution < 1.29 is 23.5 Å².